The van der Waals surface area contributed by atoms with Crippen molar-refractivity contribution >= 4 is 44.0 Å². The van der Waals surface area contributed by atoms with E-state index in [2.05, 4.69) is 0 Å². The number of pyridine rings is 1. The van der Waals surface area contributed by atoms with E-state index >= 15 is 0 Å². The van der Waals surface area contributed by atoms with Crippen LogP contribution in [0, 0.1) is 0 Å². The lowest BCUT2D eigenvalue weighted by Crippen LogP contribution is -2.12. The third kappa shape index (κ3) is 1.75. The van der Waals surface area contributed by atoms with Crippen molar-refractivity contribution in [3.63, 3.8) is 0 Å². The SMILES string of the molecule is Cn1cc(S(C)=O)c(=O)c2cc(Cl)sc21. The zero-order valence-corrected chi connectivity index (χ0v) is 10.5. The molecule has 3 nitrogen and oxygen atoms in total. The molecule has 0 aliphatic heterocycles. The summed E-state index contributed by atoms with van der Waals surface area (Å²) in [6.07, 6.45) is 3.10. The summed E-state index contributed by atoms with van der Waals surface area (Å²) in [5.41, 5.74) is -0.188. The number of thiophene rings is 1. The van der Waals surface area contributed by atoms with Crippen LogP contribution in [0.3, 0.4) is 0 Å². The Morgan fingerprint density at radius 1 is 1.53 bits per heavy atom. The number of hydrogen-bond acceptors (Lipinski definition) is 3. The lowest BCUT2D eigenvalue weighted by atomic mass is 10.3. The molecule has 2 aromatic rings. The number of fused-ring (bicyclic) bond motifs is 1. The van der Waals surface area contributed by atoms with Crippen LogP contribution in [0.1, 0.15) is 0 Å². The molecule has 6 heteroatoms. The molecular formula is C9H8ClNO2S2. The van der Waals surface area contributed by atoms with E-state index in [4.69, 9.17) is 11.6 Å². The van der Waals surface area contributed by atoms with Crippen LogP contribution < -0.4 is 5.43 Å². The van der Waals surface area contributed by atoms with Gasteiger partial charge in [0.25, 0.3) is 0 Å². The predicted octanol–water partition coefficient (Wildman–Crippen LogP) is 1.99. The van der Waals surface area contributed by atoms with Gasteiger partial charge in [0.1, 0.15) is 9.73 Å². The molecular weight excluding hydrogens is 254 g/mol. The van der Waals surface area contributed by atoms with E-state index in [1.165, 1.54) is 17.6 Å². The highest BCUT2D eigenvalue weighted by atomic mass is 35.5. The Balaban J connectivity index is 2.96. The molecule has 1 atom stereocenters. The van der Waals surface area contributed by atoms with Crippen LogP contribution in [0.25, 0.3) is 10.2 Å². The second-order valence-corrected chi connectivity index (χ2v) is 6.17. The van der Waals surface area contributed by atoms with Gasteiger partial charge in [-0.15, -0.1) is 11.3 Å². The Morgan fingerprint density at radius 3 is 2.80 bits per heavy atom. The quantitative estimate of drug-likeness (QED) is 0.788. The molecule has 0 aliphatic carbocycles. The minimum atomic E-state index is -1.27. The predicted molar refractivity (Wildman–Crippen MR) is 64.4 cm³/mol. The fourth-order valence-electron chi connectivity index (χ4n) is 1.41. The maximum absolute atomic E-state index is 11.9. The first-order valence-corrected chi connectivity index (χ1v) is 6.88. The first-order chi connectivity index (χ1) is 7.00. The number of aromatic nitrogens is 1. The molecule has 0 fully saturated rings. The molecule has 0 bridgehead atoms. The van der Waals surface area contributed by atoms with Gasteiger partial charge in [-0.1, -0.05) is 11.6 Å². The summed E-state index contributed by atoms with van der Waals surface area (Å²) in [6.45, 7) is 0. The largest absolute Gasteiger partial charge is 0.341 e. The highest BCUT2D eigenvalue weighted by Crippen LogP contribution is 2.27. The zero-order chi connectivity index (χ0) is 11.2. The fraction of sp³-hybridized carbons (Fsp3) is 0.222. The molecule has 0 N–H and O–H groups in total. The third-order valence-electron chi connectivity index (χ3n) is 2.09. The van der Waals surface area contributed by atoms with Crippen molar-refractivity contribution in [2.75, 3.05) is 6.26 Å². The summed E-state index contributed by atoms with van der Waals surface area (Å²) in [6, 6.07) is 1.63. The maximum Gasteiger partial charge on any atom is 0.206 e. The van der Waals surface area contributed by atoms with E-state index in [1.54, 1.807) is 16.8 Å². The van der Waals surface area contributed by atoms with E-state index < -0.39 is 10.8 Å². The van der Waals surface area contributed by atoms with Gasteiger partial charge in [-0.2, -0.15) is 0 Å². The normalized spacial score (nSPS) is 13.3. The summed E-state index contributed by atoms with van der Waals surface area (Å²) >= 11 is 7.19. The Hall–Kier alpha value is -0.650. The minimum Gasteiger partial charge on any atom is -0.341 e. The molecule has 0 radical (unpaired) electrons. The lowest BCUT2D eigenvalue weighted by molar-refractivity contribution is 0.685. The van der Waals surface area contributed by atoms with Crippen molar-refractivity contribution in [1.82, 2.24) is 4.57 Å². The van der Waals surface area contributed by atoms with Crippen molar-refractivity contribution < 1.29 is 4.21 Å². The van der Waals surface area contributed by atoms with Gasteiger partial charge in [0, 0.05) is 19.5 Å². The molecule has 0 amide bonds. The van der Waals surface area contributed by atoms with Gasteiger partial charge in [-0.25, -0.2) is 0 Å². The van der Waals surface area contributed by atoms with Crippen molar-refractivity contribution in [1.29, 1.82) is 0 Å². The second kappa shape index (κ2) is 3.73. The molecule has 0 aromatic carbocycles. The summed E-state index contributed by atoms with van der Waals surface area (Å²) in [4.78, 5) is 13.0. The molecule has 2 heterocycles. The number of hydrogen-bond donors (Lipinski definition) is 0. The van der Waals surface area contributed by atoms with Gasteiger partial charge in [-0.3, -0.25) is 9.00 Å². The monoisotopic (exact) mass is 261 g/mol. The molecule has 80 valence electrons. The second-order valence-electron chi connectivity index (χ2n) is 3.16. The molecule has 0 saturated heterocycles. The average molecular weight is 262 g/mol. The Bertz CT molecular complexity index is 614. The summed E-state index contributed by atoms with van der Waals surface area (Å²) < 4.78 is 13.7. The van der Waals surface area contributed by atoms with E-state index in [0.29, 0.717) is 14.6 Å². The summed E-state index contributed by atoms with van der Waals surface area (Å²) in [5, 5.41) is 0.542. The smallest absolute Gasteiger partial charge is 0.206 e. The van der Waals surface area contributed by atoms with E-state index in [0.717, 1.165) is 4.83 Å². The molecule has 0 spiro atoms. The molecule has 0 saturated carbocycles. The van der Waals surface area contributed by atoms with Crippen LogP contribution in [0.5, 0.6) is 0 Å². The van der Waals surface area contributed by atoms with Gasteiger partial charge in [0.2, 0.25) is 5.43 Å². The molecule has 15 heavy (non-hydrogen) atoms. The van der Waals surface area contributed by atoms with Crippen molar-refractivity contribution in [2.24, 2.45) is 7.05 Å². The minimum absolute atomic E-state index is 0.188. The molecule has 2 aromatic heterocycles. The highest BCUT2D eigenvalue weighted by molar-refractivity contribution is 7.84. The van der Waals surface area contributed by atoms with Crippen molar-refractivity contribution in [3.05, 3.63) is 26.8 Å². The van der Waals surface area contributed by atoms with E-state index in [1.807, 2.05) is 7.05 Å². The van der Waals surface area contributed by atoms with Crippen LogP contribution in [0.4, 0.5) is 0 Å². The summed E-state index contributed by atoms with van der Waals surface area (Å²) in [7, 11) is 0.541. The summed E-state index contributed by atoms with van der Waals surface area (Å²) in [5.74, 6) is 0. The first kappa shape index (κ1) is 10.9. The molecule has 2 rings (SSSR count). The Kier molecular flexibility index (Phi) is 2.70. The van der Waals surface area contributed by atoms with Crippen LogP contribution in [-0.2, 0) is 17.8 Å². The van der Waals surface area contributed by atoms with Crippen LogP contribution in [0.15, 0.2) is 22.0 Å². The van der Waals surface area contributed by atoms with Crippen molar-refractivity contribution in [2.45, 2.75) is 4.90 Å². The Morgan fingerprint density at radius 2 is 2.20 bits per heavy atom. The number of rotatable bonds is 1. The van der Waals surface area contributed by atoms with Gasteiger partial charge in [-0.05, 0) is 6.07 Å². The van der Waals surface area contributed by atoms with E-state index in [9.17, 15) is 9.00 Å². The van der Waals surface area contributed by atoms with Gasteiger partial charge >= 0.3 is 0 Å². The fourth-order valence-corrected chi connectivity index (χ4v) is 3.23. The molecule has 0 aliphatic rings. The zero-order valence-electron chi connectivity index (χ0n) is 8.11. The van der Waals surface area contributed by atoms with Gasteiger partial charge < -0.3 is 4.57 Å². The van der Waals surface area contributed by atoms with Gasteiger partial charge in [0.05, 0.1) is 20.5 Å². The Labute approximate surface area is 97.8 Å². The van der Waals surface area contributed by atoms with Crippen molar-refractivity contribution in [3.8, 4) is 0 Å². The lowest BCUT2D eigenvalue weighted by Gasteiger charge is -2.02. The first-order valence-electron chi connectivity index (χ1n) is 4.13. The molecule has 1 unspecified atom stereocenters. The standard InChI is InChI=1S/C9H8ClNO2S2/c1-11-4-6(15(2)13)8(12)5-3-7(10)14-9(5)11/h3-4H,1-2H3. The topological polar surface area (TPSA) is 39.1 Å². The van der Waals surface area contributed by atoms with E-state index in [-0.39, 0.29) is 5.43 Å². The van der Waals surface area contributed by atoms with Gasteiger partial charge in [0.15, 0.2) is 0 Å². The number of aryl methyl sites for hydroxylation is 1. The maximum atomic E-state index is 11.9. The highest BCUT2D eigenvalue weighted by Gasteiger charge is 2.12. The third-order valence-corrected chi connectivity index (χ3v) is 4.36. The average Bonchev–Trinajstić information content (AvgIpc) is 2.53. The van der Waals surface area contributed by atoms with Crippen LogP contribution >= 0.6 is 22.9 Å². The number of nitrogens with zero attached hydrogens (tertiary/aromatic N) is 1. The van der Waals surface area contributed by atoms with Crippen LogP contribution in [0.2, 0.25) is 4.34 Å². The van der Waals surface area contributed by atoms with Crippen LogP contribution in [-0.4, -0.2) is 15.0 Å². The number of halogens is 1.